The molecule has 0 amide bonds. The van der Waals surface area contributed by atoms with Crippen LogP contribution in [0.2, 0.25) is 0 Å². The Hall–Kier alpha value is -0.600. The van der Waals surface area contributed by atoms with Gasteiger partial charge < -0.3 is 5.32 Å². The molecule has 2 unspecified atom stereocenters. The van der Waals surface area contributed by atoms with Crippen LogP contribution in [0.25, 0.3) is 0 Å². The number of nitrogens with one attached hydrogen (secondary N) is 1. The van der Waals surface area contributed by atoms with Crippen LogP contribution >= 0.6 is 0 Å². The summed E-state index contributed by atoms with van der Waals surface area (Å²) in [5.74, 6) is 0. The van der Waals surface area contributed by atoms with Gasteiger partial charge in [-0.1, -0.05) is 6.42 Å². The van der Waals surface area contributed by atoms with Crippen molar-refractivity contribution in [2.75, 3.05) is 12.8 Å². The van der Waals surface area contributed by atoms with Crippen molar-refractivity contribution in [3.05, 3.63) is 0 Å². The fourth-order valence-corrected chi connectivity index (χ4v) is 3.41. The molecular formula is C9H16N2O2S. The zero-order chi connectivity index (χ0) is 10.6. The van der Waals surface area contributed by atoms with Gasteiger partial charge in [0.25, 0.3) is 0 Å². The standard InChI is InChI=1S/C9H16N2O2S/c1-14(12,13)9-5-2-4-8(9)11-7-3-6-10/h8-9,11H,2-5,7H2,1H3. The van der Waals surface area contributed by atoms with E-state index >= 15 is 0 Å². The summed E-state index contributed by atoms with van der Waals surface area (Å²) in [6, 6.07) is 2.09. The molecule has 0 aliphatic heterocycles. The highest BCUT2D eigenvalue weighted by Gasteiger charge is 2.33. The number of sulfone groups is 1. The smallest absolute Gasteiger partial charge is 0.151 e. The van der Waals surface area contributed by atoms with Crippen LogP contribution in [0, 0.1) is 11.3 Å². The minimum atomic E-state index is -2.93. The summed E-state index contributed by atoms with van der Waals surface area (Å²) in [6.45, 7) is 0.590. The van der Waals surface area contributed by atoms with Crippen LogP contribution < -0.4 is 5.32 Å². The lowest BCUT2D eigenvalue weighted by Gasteiger charge is -2.18. The molecule has 0 aromatic carbocycles. The molecule has 0 saturated heterocycles. The first-order valence-electron chi connectivity index (χ1n) is 4.85. The third-order valence-corrected chi connectivity index (χ3v) is 4.31. The van der Waals surface area contributed by atoms with Crippen molar-refractivity contribution in [1.82, 2.24) is 5.32 Å². The van der Waals surface area contributed by atoms with Gasteiger partial charge in [-0.05, 0) is 12.8 Å². The van der Waals surface area contributed by atoms with E-state index in [0.29, 0.717) is 13.0 Å². The largest absolute Gasteiger partial charge is 0.312 e. The highest BCUT2D eigenvalue weighted by Crippen LogP contribution is 2.24. The van der Waals surface area contributed by atoms with Gasteiger partial charge in [0.1, 0.15) is 0 Å². The Labute approximate surface area is 85.2 Å². The highest BCUT2D eigenvalue weighted by molar-refractivity contribution is 7.91. The first-order valence-corrected chi connectivity index (χ1v) is 6.80. The molecule has 1 aliphatic rings. The van der Waals surface area contributed by atoms with E-state index in [2.05, 4.69) is 5.32 Å². The molecule has 1 fully saturated rings. The van der Waals surface area contributed by atoms with Gasteiger partial charge in [-0.25, -0.2) is 8.42 Å². The normalized spacial score (nSPS) is 27.4. The summed E-state index contributed by atoms with van der Waals surface area (Å²) >= 11 is 0. The fourth-order valence-electron chi connectivity index (χ4n) is 1.99. The van der Waals surface area contributed by atoms with Gasteiger partial charge in [-0.15, -0.1) is 0 Å². The molecule has 0 aromatic rings. The molecule has 1 saturated carbocycles. The van der Waals surface area contributed by atoms with Crippen molar-refractivity contribution < 1.29 is 8.42 Å². The van der Waals surface area contributed by atoms with E-state index in [9.17, 15) is 8.42 Å². The predicted octanol–water partition coefficient (Wildman–Crippen LogP) is 0.455. The van der Waals surface area contributed by atoms with E-state index < -0.39 is 9.84 Å². The van der Waals surface area contributed by atoms with E-state index in [0.717, 1.165) is 19.3 Å². The Balaban J connectivity index is 2.49. The summed E-state index contributed by atoms with van der Waals surface area (Å²) in [4.78, 5) is 0. The van der Waals surface area contributed by atoms with Gasteiger partial charge in [0.2, 0.25) is 0 Å². The summed E-state index contributed by atoms with van der Waals surface area (Å²) in [5.41, 5.74) is 0. The van der Waals surface area contributed by atoms with Crippen molar-refractivity contribution in [2.45, 2.75) is 37.0 Å². The quantitative estimate of drug-likeness (QED) is 0.693. The predicted molar refractivity (Wildman–Crippen MR) is 54.5 cm³/mol. The summed E-state index contributed by atoms with van der Waals surface area (Å²) in [5, 5.41) is 11.2. The number of hydrogen-bond donors (Lipinski definition) is 1. The van der Waals surface area contributed by atoms with Crippen LogP contribution in [-0.4, -0.2) is 32.5 Å². The Bertz CT molecular complexity index is 318. The van der Waals surface area contributed by atoms with E-state index in [-0.39, 0.29) is 11.3 Å². The molecule has 80 valence electrons. The minimum absolute atomic E-state index is 0.0540. The first-order chi connectivity index (χ1) is 6.55. The molecule has 0 aromatic heterocycles. The second kappa shape index (κ2) is 4.76. The Morgan fingerprint density at radius 2 is 2.21 bits per heavy atom. The van der Waals surface area contributed by atoms with Crippen molar-refractivity contribution in [3.63, 3.8) is 0 Å². The Kier molecular flexibility index (Phi) is 3.90. The van der Waals surface area contributed by atoms with E-state index in [1.807, 2.05) is 6.07 Å². The van der Waals surface area contributed by atoms with Crippen molar-refractivity contribution in [2.24, 2.45) is 0 Å². The SMILES string of the molecule is CS(=O)(=O)C1CCCC1NCCC#N. The zero-order valence-electron chi connectivity index (χ0n) is 8.36. The molecule has 0 bridgehead atoms. The number of hydrogen-bond acceptors (Lipinski definition) is 4. The second-order valence-electron chi connectivity index (χ2n) is 3.77. The van der Waals surface area contributed by atoms with Gasteiger partial charge in [-0.2, -0.15) is 5.26 Å². The third-order valence-electron chi connectivity index (χ3n) is 2.65. The maximum Gasteiger partial charge on any atom is 0.151 e. The molecule has 2 atom stereocenters. The molecule has 0 spiro atoms. The molecule has 1 rings (SSSR count). The molecule has 5 heteroatoms. The molecule has 0 heterocycles. The molecule has 14 heavy (non-hydrogen) atoms. The molecule has 1 N–H and O–H groups in total. The zero-order valence-corrected chi connectivity index (χ0v) is 9.18. The lowest BCUT2D eigenvalue weighted by atomic mass is 10.2. The van der Waals surface area contributed by atoms with Crippen LogP contribution in [0.4, 0.5) is 0 Å². The minimum Gasteiger partial charge on any atom is -0.312 e. The lowest BCUT2D eigenvalue weighted by molar-refractivity contribution is 0.513. The van der Waals surface area contributed by atoms with Crippen LogP contribution in [0.3, 0.4) is 0 Å². The molecule has 4 nitrogen and oxygen atoms in total. The maximum atomic E-state index is 11.4. The van der Waals surface area contributed by atoms with E-state index in [1.165, 1.54) is 6.26 Å². The van der Waals surface area contributed by atoms with Crippen molar-refractivity contribution >= 4 is 9.84 Å². The van der Waals surface area contributed by atoms with E-state index in [1.54, 1.807) is 0 Å². The van der Waals surface area contributed by atoms with Crippen LogP contribution in [0.15, 0.2) is 0 Å². The molecule has 0 radical (unpaired) electrons. The summed E-state index contributed by atoms with van der Waals surface area (Å²) in [6.07, 6.45) is 4.35. The van der Waals surface area contributed by atoms with Gasteiger partial charge in [-0.3, -0.25) is 0 Å². The third kappa shape index (κ3) is 2.96. The van der Waals surface area contributed by atoms with E-state index in [4.69, 9.17) is 5.26 Å². The fraction of sp³-hybridized carbons (Fsp3) is 0.889. The Morgan fingerprint density at radius 3 is 2.79 bits per heavy atom. The van der Waals surface area contributed by atoms with Gasteiger partial charge >= 0.3 is 0 Å². The van der Waals surface area contributed by atoms with Crippen molar-refractivity contribution in [3.8, 4) is 6.07 Å². The van der Waals surface area contributed by atoms with Crippen LogP contribution in [0.5, 0.6) is 0 Å². The number of rotatable bonds is 4. The number of nitrogens with zero attached hydrogens (tertiary/aromatic N) is 1. The average Bonchev–Trinajstić information content (AvgIpc) is 2.52. The monoisotopic (exact) mass is 216 g/mol. The van der Waals surface area contributed by atoms with Gasteiger partial charge in [0, 0.05) is 25.3 Å². The van der Waals surface area contributed by atoms with Crippen LogP contribution in [0.1, 0.15) is 25.7 Å². The second-order valence-corrected chi connectivity index (χ2v) is 6.03. The van der Waals surface area contributed by atoms with Gasteiger partial charge in [0.15, 0.2) is 9.84 Å². The highest BCUT2D eigenvalue weighted by atomic mass is 32.2. The maximum absolute atomic E-state index is 11.4. The summed E-state index contributed by atoms with van der Waals surface area (Å²) in [7, 11) is -2.93. The van der Waals surface area contributed by atoms with Crippen LogP contribution in [-0.2, 0) is 9.84 Å². The summed E-state index contributed by atoms with van der Waals surface area (Å²) < 4.78 is 22.7. The number of nitriles is 1. The molecule has 1 aliphatic carbocycles. The topological polar surface area (TPSA) is 70.0 Å². The van der Waals surface area contributed by atoms with Crippen molar-refractivity contribution in [1.29, 1.82) is 5.26 Å². The van der Waals surface area contributed by atoms with Gasteiger partial charge in [0.05, 0.1) is 11.3 Å². The average molecular weight is 216 g/mol. The molecular weight excluding hydrogens is 200 g/mol. The first kappa shape index (κ1) is 11.5. The Morgan fingerprint density at radius 1 is 1.50 bits per heavy atom. The lowest BCUT2D eigenvalue weighted by Crippen LogP contribution is -2.40.